The van der Waals surface area contributed by atoms with E-state index in [1.807, 2.05) is 12.1 Å². The van der Waals surface area contributed by atoms with E-state index in [0.717, 1.165) is 30.7 Å². The second-order valence-electron chi connectivity index (χ2n) is 5.22. The molecule has 2 bridgehead atoms. The molecule has 4 rings (SSSR count). The molecule has 1 aromatic carbocycles. The van der Waals surface area contributed by atoms with Gasteiger partial charge in [-0.05, 0) is 36.8 Å². The number of anilines is 1. The normalized spacial score (nSPS) is 30.9. The standard InChI is InChI=1S/C14H20N2O/c1-17-14-5-3-2-4-12(14)16-9-10-6-11(7-10)13(16)8-15/h2-5,10-11,13H,6-9,15H2,1H3. The third-order valence-electron chi connectivity index (χ3n) is 4.31. The minimum absolute atomic E-state index is 0.497. The van der Waals surface area contributed by atoms with Gasteiger partial charge in [-0.15, -0.1) is 0 Å². The number of benzene rings is 1. The smallest absolute Gasteiger partial charge is 0.142 e. The Morgan fingerprint density at radius 3 is 2.82 bits per heavy atom. The molecule has 2 N–H and O–H groups in total. The van der Waals surface area contributed by atoms with Gasteiger partial charge in [0.25, 0.3) is 0 Å². The number of methoxy groups -OCH3 is 1. The summed E-state index contributed by atoms with van der Waals surface area (Å²) in [6, 6.07) is 8.77. The Labute approximate surface area is 103 Å². The van der Waals surface area contributed by atoms with Crippen LogP contribution in [-0.4, -0.2) is 26.2 Å². The van der Waals surface area contributed by atoms with Crippen molar-refractivity contribution in [2.24, 2.45) is 17.6 Å². The number of fused-ring (bicyclic) bond motifs is 2. The molecule has 2 heterocycles. The molecule has 3 fully saturated rings. The van der Waals surface area contributed by atoms with E-state index < -0.39 is 0 Å². The Morgan fingerprint density at radius 2 is 2.12 bits per heavy atom. The summed E-state index contributed by atoms with van der Waals surface area (Å²) in [7, 11) is 1.74. The summed E-state index contributed by atoms with van der Waals surface area (Å²) in [4.78, 5) is 2.46. The van der Waals surface area contributed by atoms with E-state index in [9.17, 15) is 0 Å². The fourth-order valence-corrected chi connectivity index (χ4v) is 3.38. The molecule has 3 aliphatic rings. The van der Waals surface area contributed by atoms with Gasteiger partial charge in [0.15, 0.2) is 0 Å². The van der Waals surface area contributed by atoms with Crippen LogP contribution in [0.2, 0.25) is 0 Å². The van der Waals surface area contributed by atoms with Crippen LogP contribution in [0.3, 0.4) is 0 Å². The van der Waals surface area contributed by atoms with E-state index in [1.165, 1.54) is 18.5 Å². The van der Waals surface area contributed by atoms with Crippen molar-refractivity contribution >= 4 is 5.69 Å². The van der Waals surface area contributed by atoms with E-state index in [4.69, 9.17) is 10.5 Å². The van der Waals surface area contributed by atoms with Crippen LogP contribution in [0.4, 0.5) is 5.69 Å². The number of hydrogen-bond donors (Lipinski definition) is 1. The average molecular weight is 232 g/mol. The van der Waals surface area contributed by atoms with Gasteiger partial charge in [0.2, 0.25) is 0 Å². The molecule has 0 aromatic heterocycles. The number of nitrogens with two attached hydrogens (primary N) is 1. The highest BCUT2D eigenvalue weighted by atomic mass is 16.5. The van der Waals surface area contributed by atoms with Crippen molar-refractivity contribution in [3.05, 3.63) is 24.3 Å². The summed E-state index contributed by atoms with van der Waals surface area (Å²) in [5.74, 6) is 2.63. The Kier molecular flexibility index (Phi) is 2.71. The molecule has 1 unspecified atom stereocenters. The number of rotatable bonds is 3. The summed E-state index contributed by atoms with van der Waals surface area (Å²) in [5.41, 5.74) is 7.16. The Morgan fingerprint density at radius 1 is 1.35 bits per heavy atom. The number of hydrogen-bond acceptors (Lipinski definition) is 3. The Bertz CT molecular complexity index is 401. The molecule has 3 nitrogen and oxygen atoms in total. The van der Waals surface area contributed by atoms with Crippen LogP contribution >= 0.6 is 0 Å². The lowest BCUT2D eigenvalue weighted by Gasteiger charge is -2.54. The maximum atomic E-state index is 5.96. The van der Waals surface area contributed by atoms with E-state index in [1.54, 1.807) is 7.11 Å². The third-order valence-corrected chi connectivity index (χ3v) is 4.31. The molecule has 0 radical (unpaired) electrons. The molecule has 17 heavy (non-hydrogen) atoms. The maximum absolute atomic E-state index is 5.96. The summed E-state index contributed by atoms with van der Waals surface area (Å²) in [6.45, 7) is 1.88. The molecule has 1 saturated carbocycles. The topological polar surface area (TPSA) is 38.5 Å². The highest BCUT2D eigenvalue weighted by Crippen LogP contribution is 2.46. The van der Waals surface area contributed by atoms with Gasteiger partial charge in [-0.2, -0.15) is 0 Å². The second kappa shape index (κ2) is 4.22. The van der Waals surface area contributed by atoms with Gasteiger partial charge >= 0.3 is 0 Å². The third kappa shape index (κ3) is 1.69. The van der Waals surface area contributed by atoms with Crippen molar-refractivity contribution in [3.63, 3.8) is 0 Å². The van der Waals surface area contributed by atoms with Crippen LogP contribution in [0, 0.1) is 11.8 Å². The summed E-state index contributed by atoms with van der Waals surface area (Å²) in [6.07, 6.45) is 2.74. The zero-order valence-electron chi connectivity index (χ0n) is 10.3. The van der Waals surface area contributed by atoms with E-state index >= 15 is 0 Å². The van der Waals surface area contributed by atoms with Gasteiger partial charge in [0, 0.05) is 19.1 Å². The highest BCUT2D eigenvalue weighted by molar-refractivity contribution is 5.60. The van der Waals surface area contributed by atoms with Crippen molar-refractivity contribution in [2.45, 2.75) is 18.9 Å². The lowest BCUT2D eigenvalue weighted by atomic mass is 9.66. The SMILES string of the molecule is COc1ccccc1N1CC2CC(C2)C1CN. The zero-order chi connectivity index (χ0) is 11.8. The monoisotopic (exact) mass is 232 g/mol. The Hall–Kier alpha value is -1.22. The van der Waals surface area contributed by atoms with Gasteiger partial charge < -0.3 is 15.4 Å². The first kappa shape index (κ1) is 10.9. The van der Waals surface area contributed by atoms with Gasteiger partial charge in [-0.1, -0.05) is 12.1 Å². The number of nitrogens with zero attached hydrogens (tertiary/aromatic N) is 1. The van der Waals surface area contributed by atoms with Crippen molar-refractivity contribution in [1.29, 1.82) is 0 Å². The minimum atomic E-state index is 0.497. The highest BCUT2D eigenvalue weighted by Gasteiger charge is 2.44. The molecule has 1 aromatic rings. The van der Waals surface area contributed by atoms with Gasteiger partial charge in [0.05, 0.1) is 12.8 Å². The maximum Gasteiger partial charge on any atom is 0.142 e. The average Bonchev–Trinajstić information content (AvgIpc) is 2.36. The minimum Gasteiger partial charge on any atom is -0.495 e. The van der Waals surface area contributed by atoms with Crippen LogP contribution in [0.15, 0.2) is 24.3 Å². The first-order valence-electron chi connectivity index (χ1n) is 6.43. The predicted octanol–water partition coefficient (Wildman–Crippen LogP) is 1.87. The first-order valence-corrected chi connectivity index (χ1v) is 6.43. The quantitative estimate of drug-likeness (QED) is 0.864. The molecule has 0 amide bonds. The lowest BCUT2D eigenvalue weighted by Crippen LogP contribution is -2.58. The fourth-order valence-electron chi connectivity index (χ4n) is 3.38. The van der Waals surface area contributed by atoms with Crippen molar-refractivity contribution in [3.8, 4) is 5.75 Å². The van der Waals surface area contributed by atoms with Crippen LogP contribution in [0.5, 0.6) is 5.75 Å². The fraction of sp³-hybridized carbons (Fsp3) is 0.571. The summed E-state index contributed by atoms with van der Waals surface area (Å²) >= 11 is 0. The summed E-state index contributed by atoms with van der Waals surface area (Å²) in [5, 5.41) is 0. The lowest BCUT2D eigenvalue weighted by molar-refractivity contribution is 0.113. The zero-order valence-corrected chi connectivity index (χ0v) is 10.3. The molecule has 3 heteroatoms. The van der Waals surface area contributed by atoms with Crippen molar-refractivity contribution in [2.75, 3.05) is 25.1 Å². The number of ether oxygens (including phenoxy) is 1. The van der Waals surface area contributed by atoms with Crippen molar-refractivity contribution in [1.82, 2.24) is 0 Å². The van der Waals surface area contributed by atoms with Crippen LogP contribution in [0.1, 0.15) is 12.8 Å². The first-order chi connectivity index (χ1) is 8.33. The Balaban J connectivity index is 1.91. The van der Waals surface area contributed by atoms with Crippen molar-refractivity contribution < 1.29 is 4.74 Å². The van der Waals surface area contributed by atoms with E-state index in [-0.39, 0.29) is 0 Å². The molecular weight excluding hydrogens is 212 g/mol. The largest absolute Gasteiger partial charge is 0.495 e. The van der Waals surface area contributed by atoms with E-state index in [2.05, 4.69) is 17.0 Å². The van der Waals surface area contributed by atoms with Gasteiger partial charge in [-0.25, -0.2) is 0 Å². The van der Waals surface area contributed by atoms with Crippen LogP contribution in [0.25, 0.3) is 0 Å². The molecular formula is C14H20N2O. The van der Waals surface area contributed by atoms with Gasteiger partial charge in [0.1, 0.15) is 5.75 Å². The predicted molar refractivity (Wildman–Crippen MR) is 69.4 cm³/mol. The molecule has 0 spiro atoms. The van der Waals surface area contributed by atoms with E-state index in [0.29, 0.717) is 6.04 Å². The number of piperidine rings is 2. The van der Waals surface area contributed by atoms with Crippen LogP contribution < -0.4 is 15.4 Å². The molecule has 1 atom stereocenters. The second-order valence-corrected chi connectivity index (χ2v) is 5.22. The van der Waals surface area contributed by atoms with Gasteiger partial charge in [-0.3, -0.25) is 0 Å². The molecule has 92 valence electrons. The number of para-hydroxylation sites is 2. The molecule has 1 aliphatic carbocycles. The van der Waals surface area contributed by atoms with Crippen LogP contribution in [-0.2, 0) is 0 Å². The molecule has 2 aliphatic heterocycles. The molecule has 2 saturated heterocycles. The summed E-state index contributed by atoms with van der Waals surface area (Å²) < 4.78 is 5.46.